The van der Waals surface area contributed by atoms with Crippen molar-refractivity contribution >= 4 is 21.2 Å². The summed E-state index contributed by atoms with van der Waals surface area (Å²) in [6.45, 7) is 4.26. The van der Waals surface area contributed by atoms with Gasteiger partial charge in [0.15, 0.2) is 9.84 Å². The fourth-order valence-corrected chi connectivity index (χ4v) is 3.19. The Morgan fingerprint density at radius 3 is 2.50 bits per heavy atom. The van der Waals surface area contributed by atoms with E-state index in [4.69, 9.17) is 5.73 Å². The van der Waals surface area contributed by atoms with Gasteiger partial charge in [0, 0.05) is 26.4 Å². The minimum absolute atomic E-state index is 0.270. The Labute approximate surface area is 121 Å². The second-order valence-electron chi connectivity index (χ2n) is 5.46. The summed E-state index contributed by atoms with van der Waals surface area (Å²) in [5.41, 5.74) is 7.38. The first-order chi connectivity index (χ1) is 9.38. The lowest BCUT2D eigenvalue weighted by Gasteiger charge is -2.24. The summed E-state index contributed by atoms with van der Waals surface area (Å²) in [6, 6.07) is 4.94. The molecule has 2 N–H and O–H groups in total. The molecule has 0 bridgehead atoms. The predicted molar refractivity (Wildman–Crippen MR) is 82.9 cm³/mol. The molecule has 0 spiro atoms. The van der Waals surface area contributed by atoms with Crippen molar-refractivity contribution in [3.05, 3.63) is 18.2 Å². The van der Waals surface area contributed by atoms with Gasteiger partial charge in [-0.15, -0.1) is 0 Å². The van der Waals surface area contributed by atoms with E-state index in [1.165, 1.54) is 38.3 Å². The van der Waals surface area contributed by atoms with Gasteiger partial charge in [0.1, 0.15) is 0 Å². The predicted octanol–water partition coefficient (Wildman–Crippen LogP) is 1.20. The number of nitrogens with zero attached hydrogens (tertiary/aromatic N) is 2. The van der Waals surface area contributed by atoms with Crippen LogP contribution < -0.4 is 10.6 Å². The molecule has 0 saturated carbocycles. The summed E-state index contributed by atoms with van der Waals surface area (Å²) in [6.07, 6.45) is 3.77. The van der Waals surface area contributed by atoms with E-state index >= 15 is 0 Å². The highest BCUT2D eigenvalue weighted by molar-refractivity contribution is 7.90. The van der Waals surface area contributed by atoms with Crippen LogP contribution in [0.15, 0.2) is 23.1 Å². The maximum atomic E-state index is 11.5. The molecule has 1 fully saturated rings. The van der Waals surface area contributed by atoms with Crippen molar-refractivity contribution in [3.8, 4) is 0 Å². The lowest BCUT2D eigenvalue weighted by Crippen LogP contribution is -2.31. The number of likely N-dealkylation sites (N-methyl/N-ethyl adjacent to an activating group) is 1. The lowest BCUT2D eigenvalue weighted by molar-refractivity contribution is 0.347. The molecular formula is C14H23N3O2S. The minimum Gasteiger partial charge on any atom is -0.397 e. The highest BCUT2D eigenvalue weighted by Gasteiger charge is 2.14. The highest BCUT2D eigenvalue weighted by Crippen LogP contribution is 2.25. The van der Waals surface area contributed by atoms with Gasteiger partial charge in [-0.3, -0.25) is 0 Å². The molecule has 0 radical (unpaired) electrons. The third-order valence-corrected chi connectivity index (χ3v) is 4.90. The van der Waals surface area contributed by atoms with Crippen molar-refractivity contribution in [1.82, 2.24) is 4.90 Å². The van der Waals surface area contributed by atoms with Gasteiger partial charge in [-0.25, -0.2) is 8.42 Å². The lowest BCUT2D eigenvalue weighted by atomic mass is 10.2. The summed E-state index contributed by atoms with van der Waals surface area (Å²) < 4.78 is 23.0. The molecule has 0 amide bonds. The van der Waals surface area contributed by atoms with E-state index in [9.17, 15) is 8.42 Å². The smallest absolute Gasteiger partial charge is 0.175 e. The van der Waals surface area contributed by atoms with Crippen molar-refractivity contribution in [2.24, 2.45) is 0 Å². The van der Waals surface area contributed by atoms with Crippen LogP contribution in [0.25, 0.3) is 0 Å². The van der Waals surface area contributed by atoms with Crippen LogP contribution in [0, 0.1) is 0 Å². The third-order valence-electron chi connectivity index (χ3n) is 3.79. The molecule has 112 valence electrons. The average Bonchev–Trinajstić information content (AvgIpc) is 2.87. The van der Waals surface area contributed by atoms with Gasteiger partial charge in [0.2, 0.25) is 0 Å². The Balaban J connectivity index is 2.04. The molecule has 1 saturated heterocycles. The number of rotatable bonds is 5. The standard InChI is InChI=1S/C14H23N3O2S/c1-16(9-10-17-7-3-4-8-17)14-6-5-12(11-13(14)15)20(2,18)19/h5-6,11H,3-4,7-10,15H2,1-2H3. The maximum Gasteiger partial charge on any atom is 0.175 e. The normalized spacial score (nSPS) is 16.5. The highest BCUT2D eigenvalue weighted by atomic mass is 32.2. The molecule has 5 nitrogen and oxygen atoms in total. The minimum atomic E-state index is -3.20. The second kappa shape index (κ2) is 6.01. The Morgan fingerprint density at radius 2 is 1.95 bits per heavy atom. The van der Waals surface area contributed by atoms with Gasteiger partial charge in [-0.1, -0.05) is 0 Å². The van der Waals surface area contributed by atoms with Gasteiger partial charge >= 0.3 is 0 Å². The molecular weight excluding hydrogens is 274 g/mol. The number of anilines is 2. The van der Waals surface area contributed by atoms with Gasteiger partial charge in [-0.05, 0) is 44.1 Å². The van der Waals surface area contributed by atoms with E-state index < -0.39 is 9.84 Å². The summed E-state index contributed by atoms with van der Waals surface area (Å²) >= 11 is 0. The topological polar surface area (TPSA) is 66.6 Å². The zero-order valence-electron chi connectivity index (χ0n) is 12.2. The molecule has 6 heteroatoms. The van der Waals surface area contributed by atoms with Crippen LogP contribution in [0.3, 0.4) is 0 Å². The Hall–Kier alpha value is -1.27. The number of sulfone groups is 1. The van der Waals surface area contributed by atoms with E-state index in [1.807, 2.05) is 7.05 Å². The number of likely N-dealkylation sites (tertiary alicyclic amines) is 1. The van der Waals surface area contributed by atoms with Crippen LogP contribution in [0.2, 0.25) is 0 Å². The van der Waals surface area contributed by atoms with Crippen molar-refractivity contribution in [2.75, 3.05) is 50.1 Å². The van der Waals surface area contributed by atoms with Crippen LogP contribution in [0.4, 0.5) is 11.4 Å². The molecule has 1 aromatic carbocycles. The number of benzene rings is 1. The first-order valence-electron chi connectivity index (χ1n) is 6.91. The summed E-state index contributed by atoms with van der Waals surface area (Å²) in [5.74, 6) is 0. The van der Waals surface area contributed by atoms with Crippen molar-refractivity contribution in [3.63, 3.8) is 0 Å². The monoisotopic (exact) mass is 297 g/mol. The van der Waals surface area contributed by atoms with E-state index in [0.29, 0.717) is 5.69 Å². The SMILES string of the molecule is CN(CCN1CCCC1)c1ccc(S(C)(=O)=O)cc1N. The van der Waals surface area contributed by atoms with E-state index in [0.717, 1.165) is 18.8 Å². The number of nitrogens with two attached hydrogens (primary N) is 1. The van der Waals surface area contributed by atoms with Crippen LogP contribution >= 0.6 is 0 Å². The molecule has 20 heavy (non-hydrogen) atoms. The fourth-order valence-electron chi connectivity index (χ4n) is 2.53. The zero-order chi connectivity index (χ0) is 14.8. The third kappa shape index (κ3) is 3.64. The molecule has 1 heterocycles. The number of nitrogen functional groups attached to an aromatic ring is 1. The van der Waals surface area contributed by atoms with Crippen LogP contribution in [-0.4, -0.2) is 52.8 Å². The van der Waals surface area contributed by atoms with Crippen LogP contribution in [0.1, 0.15) is 12.8 Å². The van der Waals surface area contributed by atoms with Gasteiger partial charge in [-0.2, -0.15) is 0 Å². The van der Waals surface area contributed by atoms with E-state index in [-0.39, 0.29) is 4.90 Å². The van der Waals surface area contributed by atoms with Crippen LogP contribution in [-0.2, 0) is 9.84 Å². The first kappa shape index (κ1) is 15.1. The van der Waals surface area contributed by atoms with Crippen molar-refractivity contribution < 1.29 is 8.42 Å². The zero-order valence-corrected chi connectivity index (χ0v) is 13.0. The molecule has 1 aliphatic heterocycles. The molecule has 0 aromatic heterocycles. The van der Waals surface area contributed by atoms with Crippen molar-refractivity contribution in [2.45, 2.75) is 17.7 Å². The Bertz CT molecular complexity index is 566. The first-order valence-corrected chi connectivity index (χ1v) is 8.80. The molecule has 2 rings (SSSR count). The van der Waals surface area contributed by atoms with Gasteiger partial charge in [0.25, 0.3) is 0 Å². The summed E-state index contributed by atoms with van der Waals surface area (Å²) in [5, 5.41) is 0. The maximum absolute atomic E-state index is 11.5. The molecule has 1 aromatic rings. The Kier molecular flexibility index (Phi) is 4.55. The fraction of sp³-hybridized carbons (Fsp3) is 0.571. The van der Waals surface area contributed by atoms with E-state index in [1.54, 1.807) is 12.1 Å². The molecule has 0 unspecified atom stereocenters. The Morgan fingerprint density at radius 1 is 1.30 bits per heavy atom. The van der Waals surface area contributed by atoms with Crippen LogP contribution in [0.5, 0.6) is 0 Å². The largest absolute Gasteiger partial charge is 0.397 e. The number of hydrogen-bond acceptors (Lipinski definition) is 5. The summed E-state index contributed by atoms with van der Waals surface area (Å²) in [7, 11) is -1.21. The van der Waals surface area contributed by atoms with Crippen molar-refractivity contribution in [1.29, 1.82) is 0 Å². The molecule has 0 aliphatic carbocycles. The molecule has 0 atom stereocenters. The molecule has 1 aliphatic rings. The van der Waals surface area contributed by atoms with Gasteiger partial charge in [0.05, 0.1) is 16.3 Å². The average molecular weight is 297 g/mol. The number of hydrogen-bond donors (Lipinski definition) is 1. The van der Waals surface area contributed by atoms with E-state index in [2.05, 4.69) is 9.80 Å². The summed E-state index contributed by atoms with van der Waals surface area (Å²) in [4.78, 5) is 4.80. The van der Waals surface area contributed by atoms with Gasteiger partial charge < -0.3 is 15.5 Å². The second-order valence-corrected chi connectivity index (χ2v) is 7.48. The quantitative estimate of drug-likeness (QED) is 0.827.